The second kappa shape index (κ2) is 6.45. The van der Waals surface area contributed by atoms with E-state index in [0.717, 1.165) is 16.7 Å². The third-order valence-electron chi connectivity index (χ3n) is 2.92. The van der Waals surface area contributed by atoms with Gasteiger partial charge in [0.2, 0.25) is 0 Å². The predicted molar refractivity (Wildman–Crippen MR) is 73.3 cm³/mol. The van der Waals surface area contributed by atoms with Gasteiger partial charge in [0, 0.05) is 19.8 Å². The molecule has 2 rings (SSSR count). The Hall–Kier alpha value is -1.71. The highest BCUT2D eigenvalue weighted by molar-refractivity contribution is 5.64. The van der Waals surface area contributed by atoms with Crippen LogP contribution in [0.25, 0.3) is 11.1 Å². The molecule has 100 valence electrons. The summed E-state index contributed by atoms with van der Waals surface area (Å²) in [6.07, 6.45) is 0. The quantitative estimate of drug-likeness (QED) is 0.814. The van der Waals surface area contributed by atoms with Gasteiger partial charge in [0.1, 0.15) is 5.82 Å². The highest BCUT2D eigenvalue weighted by Crippen LogP contribution is 2.24. The zero-order valence-corrected chi connectivity index (χ0v) is 11.2. The Labute approximate surface area is 112 Å². The van der Waals surface area contributed by atoms with E-state index in [2.05, 4.69) is 0 Å². The molecule has 0 fully saturated rings. The first kappa shape index (κ1) is 13.7. The molecule has 0 atom stereocenters. The van der Waals surface area contributed by atoms with Crippen LogP contribution >= 0.6 is 0 Å². The monoisotopic (exact) mass is 260 g/mol. The van der Waals surface area contributed by atoms with E-state index in [9.17, 15) is 4.39 Å². The van der Waals surface area contributed by atoms with Gasteiger partial charge in [0.05, 0.1) is 13.2 Å². The number of methoxy groups -OCH3 is 2. The second-order valence-corrected chi connectivity index (χ2v) is 4.38. The van der Waals surface area contributed by atoms with Crippen molar-refractivity contribution in [1.29, 1.82) is 0 Å². The number of ether oxygens (including phenoxy) is 2. The first-order valence-corrected chi connectivity index (χ1v) is 6.10. The summed E-state index contributed by atoms with van der Waals surface area (Å²) in [7, 11) is 3.25. The largest absolute Gasteiger partial charge is 0.380 e. The SMILES string of the molecule is COCc1ccc(-c2ccc(COC)cc2F)cc1. The Morgan fingerprint density at radius 3 is 2.00 bits per heavy atom. The molecule has 3 heteroatoms. The fourth-order valence-corrected chi connectivity index (χ4v) is 2.00. The van der Waals surface area contributed by atoms with Gasteiger partial charge in [-0.25, -0.2) is 4.39 Å². The maximum absolute atomic E-state index is 14.0. The van der Waals surface area contributed by atoms with Gasteiger partial charge in [-0.2, -0.15) is 0 Å². The van der Waals surface area contributed by atoms with E-state index in [-0.39, 0.29) is 5.82 Å². The third kappa shape index (κ3) is 3.40. The van der Waals surface area contributed by atoms with Crippen LogP contribution in [0.4, 0.5) is 4.39 Å². The smallest absolute Gasteiger partial charge is 0.131 e. The number of hydrogen-bond acceptors (Lipinski definition) is 2. The second-order valence-electron chi connectivity index (χ2n) is 4.38. The van der Waals surface area contributed by atoms with Gasteiger partial charge in [-0.15, -0.1) is 0 Å². The van der Waals surface area contributed by atoms with Crippen LogP contribution in [0, 0.1) is 5.82 Å². The maximum atomic E-state index is 14.0. The lowest BCUT2D eigenvalue weighted by atomic mass is 10.0. The van der Waals surface area contributed by atoms with Crippen LogP contribution in [0.2, 0.25) is 0 Å². The van der Waals surface area contributed by atoms with E-state index in [0.29, 0.717) is 18.8 Å². The minimum atomic E-state index is -0.228. The summed E-state index contributed by atoms with van der Waals surface area (Å²) in [6.45, 7) is 0.986. The van der Waals surface area contributed by atoms with E-state index in [1.165, 1.54) is 6.07 Å². The van der Waals surface area contributed by atoms with Crippen molar-refractivity contribution in [2.24, 2.45) is 0 Å². The molecule has 0 aliphatic heterocycles. The maximum Gasteiger partial charge on any atom is 0.131 e. The van der Waals surface area contributed by atoms with E-state index in [1.807, 2.05) is 30.3 Å². The molecule has 0 heterocycles. The molecular weight excluding hydrogens is 243 g/mol. The Morgan fingerprint density at radius 2 is 1.42 bits per heavy atom. The van der Waals surface area contributed by atoms with E-state index >= 15 is 0 Å². The number of hydrogen-bond donors (Lipinski definition) is 0. The van der Waals surface area contributed by atoms with Gasteiger partial charge in [-0.1, -0.05) is 36.4 Å². The molecule has 0 saturated carbocycles. The van der Waals surface area contributed by atoms with Gasteiger partial charge in [-0.3, -0.25) is 0 Å². The fraction of sp³-hybridized carbons (Fsp3) is 0.250. The molecular formula is C16H17FO2. The van der Waals surface area contributed by atoms with E-state index < -0.39 is 0 Å². The summed E-state index contributed by atoms with van der Waals surface area (Å²) in [5.74, 6) is -0.228. The summed E-state index contributed by atoms with van der Waals surface area (Å²) in [5, 5.41) is 0. The standard InChI is InChI=1S/C16H17FO2/c1-18-10-12-3-6-14(7-4-12)15-8-5-13(11-19-2)9-16(15)17/h3-9H,10-11H2,1-2H3. The van der Waals surface area contributed by atoms with Gasteiger partial charge in [0.25, 0.3) is 0 Å². The Balaban J connectivity index is 2.25. The van der Waals surface area contributed by atoms with Gasteiger partial charge >= 0.3 is 0 Å². The van der Waals surface area contributed by atoms with Crippen molar-refractivity contribution in [3.8, 4) is 11.1 Å². The van der Waals surface area contributed by atoms with Crippen LogP contribution in [0.3, 0.4) is 0 Å². The van der Waals surface area contributed by atoms with Crippen LogP contribution in [-0.4, -0.2) is 14.2 Å². The van der Waals surface area contributed by atoms with Gasteiger partial charge in [0.15, 0.2) is 0 Å². The molecule has 0 N–H and O–H groups in total. The van der Waals surface area contributed by atoms with Crippen molar-refractivity contribution in [2.45, 2.75) is 13.2 Å². The lowest BCUT2D eigenvalue weighted by Gasteiger charge is -2.07. The highest BCUT2D eigenvalue weighted by atomic mass is 19.1. The van der Waals surface area contributed by atoms with Crippen molar-refractivity contribution in [3.63, 3.8) is 0 Å². The molecule has 2 aromatic rings. The first-order valence-electron chi connectivity index (χ1n) is 6.10. The minimum absolute atomic E-state index is 0.228. The van der Waals surface area contributed by atoms with Crippen LogP contribution in [-0.2, 0) is 22.7 Å². The van der Waals surface area contributed by atoms with Gasteiger partial charge < -0.3 is 9.47 Å². The zero-order chi connectivity index (χ0) is 13.7. The summed E-state index contributed by atoms with van der Waals surface area (Å²) >= 11 is 0. The van der Waals surface area contributed by atoms with Crippen LogP contribution < -0.4 is 0 Å². The summed E-state index contributed by atoms with van der Waals surface area (Å²) in [4.78, 5) is 0. The molecule has 2 aromatic carbocycles. The number of benzene rings is 2. The van der Waals surface area contributed by atoms with Crippen molar-refractivity contribution in [2.75, 3.05) is 14.2 Å². The molecule has 0 radical (unpaired) electrons. The van der Waals surface area contributed by atoms with Crippen molar-refractivity contribution < 1.29 is 13.9 Å². The van der Waals surface area contributed by atoms with Gasteiger partial charge in [-0.05, 0) is 22.8 Å². The van der Waals surface area contributed by atoms with Crippen LogP contribution in [0.15, 0.2) is 42.5 Å². The molecule has 0 amide bonds. The normalized spacial score (nSPS) is 10.7. The van der Waals surface area contributed by atoms with Crippen molar-refractivity contribution in [1.82, 2.24) is 0 Å². The summed E-state index contributed by atoms with van der Waals surface area (Å²) < 4.78 is 24.1. The molecule has 0 aliphatic rings. The minimum Gasteiger partial charge on any atom is -0.380 e. The molecule has 0 saturated heterocycles. The molecule has 0 bridgehead atoms. The lowest BCUT2D eigenvalue weighted by molar-refractivity contribution is 0.184. The first-order chi connectivity index (χ1) is 9.24. The van der Waals surface area contributed by atoms with E-state index in [1.54, 1.807) is 20.3 Å². The Morgan fingerprint density at radius 1 is 0.842 bits per heavy atom. The fourth-order valence-electron chi connectivity index (χ4n) is 2.00. The predicted octanol–water partition coefficient (Wildman–Crippen LogP) is 3.79. The number of halogens is 1. The lowest BCUT2D eigenvalue weighted by Crippen LogP contribution is -1.92. The molecule has 19 heavy (non-hydrogen) atoms. The third-order valence-corrected chi connectivity index (χ3v) is 2.92. The molecule has 0 aliphatic carbocycles. The Kier molecular flexibility index (Phi) is 4.66. The highest BCUT2D eigenvalue weighted by Gasteiger charge is 2.06. The Bertz CT molecular complexity index is 535. The topological polar surface area (TPSA) is 18.5 Å². The molecule has 2 nitrogen and oxygen atoms in total. The number of rotatable bonds is 5. The van der Waals surface area contributed by atoms with E-state index in [4.69, 9.17) is 9.47 Å². The van der Waals surface area contributed by atoms with Crippen molar-refractivity contribution >= 4 is 0 Å². The van der Waals surface area contributed by atoms with Crippen LogP contribution in [0.5, 0.6) is 0 Å². The zero-order valence-electron chi connectivity index (χ0n) is 11.2. The molecule has 0 spiro atoms. The summed E-state index contributed by atoms with van der Waals surface area (Å²) in [6, 6.07) is 12.9. The molecule has 0 unspecified atom stereocenters. The average molecular weight is 260 g/mol. The van der Waals surface area contributed by atoms with Crippen LogP contribution in [0.1, 0.15) is 11.1 Å². The molecule has 0 aromatic heterocycles. The summed E-state index contributed by atoms with van der Waals surface area (Å²) in [5.41, 5.74) is 3.37. The van der Waals surface area contributed by atoms with Crippen molar-refractivity contribution in [3.05, 3.63) is 59.4 Å². The average Bonchev–Trinajstić information content (AvgIpc) is 2.41.